The number of rotatable bonds is 7. The van der Waals surface area contributed by atoms with Crippen LogP contribution in [0.4, 0.5) is 0 Å². The molecule has 0 aliphatic carbocycles. The first-order valence-corrected chi connectivity index (χ1v) is 7.89. The lowest BCUT2D eigenvalue weighted by atomic mass is 10.2. The fourth-order valence-electron chi connectivity index (χ4n) is 2.20. The summed E-state index contributed by atoms with van der Waals surface area (Å²) in [4.78, 5) is 8.70. The Morgan fingerprint density at radius 2 is 1.96 bits per heavy atom. The van der Waals surface area contributed by atoms with Crippen molar-refractivity contribution in [2.24, 2.45) is 4.99 Å². The van der Waals surface area contributed by atoms with Gasteiger partial charge in [0.25, 0.3) is 0 Å². The number of guanidine groups is 1. The van der Waals surface area contributed by atoms with Gasteiger partial charge in [0, 0.05) is 30.9 Å². The van der Waals surface area contributed by atoms with Gasteiger partial charge >= 0.3 is 0 Å². The van der Waals surface area contributed by atoms with Crippen LogP contribution in [-0.4, -0.2) is 31.7 Å². The quantitative estimate of drug-likeness (QED) is 0.603. The molecule has 2 N–H and O–H groups in total. The highest BCUT2D eigenvalue weighted by Crippen LogP contribution is 2.16. The standard InChI is InChI=1S/C18H24N4O2/c1-4-19-18(21-12-14-9-10-20-17(11-14)24-3)22-13-15-7-5-6-8-16(15)23-2/h5-11H,4,12-13H2,1-3H3,(H2,19,21,22). The lowest BCUT2D eigenvalue weighted by molar-refractivity contribution is 0.397. The van der Waals surface area contributed by atoms with E-state index < -0.39 is 0 Å². The second kappa shape index (κ2) is 9.39. The monoisotopic (exact) mass is 328 g/mol. The normalized spacial score (nSPS) is 11.0. The molecule has 0 bridgehead atoms. The Morgan fingerprint density at radius 3 is 2.71 bits per heavy atom. The van der Waals surface area contributed by atoms with Crippen LogP contribution in [-0.2, 0) is 13.1 Å². The van der Waals surface area contributed by atoms with Crippen LogP contribution >= 0.6 is 0 Å². The van der Waals surface area contributed by atoms with E-state index in [0.29, 0.717) is 19.0 Å². The zero-order valence-corrected chi connectivity index (χ0v) is 14.4. The Kier molecular flexibility index (Phi) is 6.89. The number of hydrogen-bond donors (Lipinski definition) is 2. The average Bonchev–Trinajstić information content (AvgIpc) is 2.64. The maximum atomic E-state index is 5.37. The van der Waals surface area contributed by atoms with Gasteiger partial charge in [-0.2, -0.15) is 0 Å². The Hall–Kier alpha value is -2.76. The summed E-state index contributed by atoms with van der Waals surface area (Å²) >= 11 is 0. The largest absolute Gasteiger partial charge is 0.496 e. The number of aromatic nitrogens is 1. The second-order valence-corrected chi connectivity index (χ2v) is 5.07. The third-order valence-electron chi connectivity index (χ3n) is 3.41. The maximum Gasteiger partial charge on any atom is 0.213 e. The van der Waals surface area contributed by atoms with Crippen molar-refractivity contribution in [2.45, 2.75) is 20.0 Å². The van der Waals surface area contributed by atoms with E-state index >= 15 is 0 Å². The van der Waals surface area contributed by atoms with Gasteiger partial charge < -0.3 is 20.1 Å². The Morgan fingerprint density at radius 1 is 1.12 bits per heavy atom. The molecule has 0 atom stereocenters. The van der Waals surface area contributed by atoms with Crippen molar-refractivity contribution in [2.75, 3.05) is 20.8 Å². The summed E-state index contributed by atoms with van der Waals surface area (Å²) in [5.41, 5.74) is 2.12. The molecule has 0 amide bonds. The molecular formula is C18H24N4O2. The molecule has 0 saturated carbocycles. The number of pyridine rings is 1. The first-order chi connectivity index (χ1) is 11.8. The molecule has 2 rings (SSSR count). The molecule has 1 aromatic carbocycles. The molecule has 24 heavy (non-hydrogen) atoms. The SMILES string of the molecule is CCNC(=NCc1ccnc(OC)c1)NCc1ccccc1OC. The summed E-state index contributed by atoms with van der Waals surface area (Å²) in [5, 5.41) is 6.56. The summed E-state index contributed by atoms with van der Waals surface area (Å²) < 4.78 is 10.5. The molecule has 0 spiro atoms. The van der Waals surface area contributed by atoms with Gasteiger partial charge in [0.15, 0.2) is 5.96 Å². The number of para-hydroxylation sites is 1. The van der Waals surface area contributed by atoms with Gasteiger partial charge in [-0.05, 0) is 24.6 Å². The van der Waals surface area contributed by atoms with Gasteiger partial charge in [0.1, 0.15) is 5.75 Å². The minimum Gasteiger partial charge on any atom is -0.496 e. The molecule has 2 aromatic rings. The van der Waals surface area contributed by atoms with E-state index in [9.17, 15) is 0 Å². The van der Waals surface area contributed by atoms with Crippen LogP contribution < -0.4 is 20.1 Å². The zero-order valence-electron chi connectivity index (χ0n) is 14.4. The van der Waals surface area contributed by atoms with E-state index in [1.165, 1.54) is 0 Å². The van der Waals surface area contributed by atoms with E-state index in [4.69, 9.17) is 9.47 Å². The third kappa shape index (κ3) is 5.15. The van der Waals surface area contributed by atoms with E-state index in [1.54, 1.807) is 20.4 Å². The van der Waals surface area contributed by atoms with Crippen LogP contribution in [0.1, 0.15) is 18.1 Å². The molecule has 0 aliphatic rings. The molecule has 1 heterocycles. The van der Waals surface area contributed by atoms with Crippen LogP contribution in [0.5, 0.6) is 11.6 Å². The van der Waals surface area contributed by atoms with Gasteiger partial charge in [-0.3, -0.25) is 0 Å². The van der Waals surface area contributed by atoms with Crippen molar-refractivity contribution >= 4 is 5.96 Å². The van der Waals surface area contributed by atoms with Gasteiger partial charge in [0.2, 0.25) is 5.88 Å². The summed E-state index contributed by atoms with van der Waals surface area (Å²) in [5.74, 6) is 2.20. The molecule has 0 saturated heterocycles. The minimum absolute atomic E-state index is 0.542. The molecule has 1 aromatic heterocycles. The Balaban J connectivity index is 2.02. The average molecular weight is 328 g/mol. The lowest BCUT2D eigenvalue weighted by Gasteiger charge is -2.13. The predicted molar refractivity (Wildman–Crippen MR) is 95.4 cm³/mol. The number of hydrogen-bond acceptors (Lipinski definition) is 4. The predicted octanol–water partition coefficient (Wildman–Crippen LogP) is 2.35. The smallest absolute Gasteiger partial charge is 0.213 e. The van der Waals surface area contributed by atoms with Gasteiger partial charge in [-0.15, -0.1) is 0 Å². The van der Waals surface area contributed by atoms with Crippen molar-refractivity contribution in [3.8, 4) is 11.6 Å². The number of benzene rings is 1. The highest BCUT2D eigenvalue weighted by atomic mass is 16.5. The van der Waals surface area contributed by atoms with Gasteiger partial charge in [-0.25, -0.2) is 9.98 Å². The van der Waals surface area contributed by atoms with E-state index in [-0.39, 0.29) is 0 Å². The fraction of sp³-hybridized carbons (Fsp3) is 0.333. The second-order valence-electron chi connectivity index (χ2n) is 5.07. The molecule has 6 heteroatoms. The van der Waals surface area contributed by atoms with Crippen molar-refractivity contribution in [3.05, 3.63) is 53.7 Å². The number of aliphatic imine (C=N–C) groups is 1. The fourth-order valence-corrected chi connectivity index (χ4v) is 2.20. The van der Waals surface area contributed by atoms with Crippen LogP contribution in [0.25, 0.3) is 0 Å². The topological polar surface area (TPSA) is 67.8 Å². The Bertz CT molecular complexity index is 674. The minimum atomic E-state index is 0.542. The van der Waals surface area contributed by atoms with Crippen LogP contribution in [0.2, 0.25) is 0 Å². The molecular weight excluding hydrogens is 304 g/mol. The third-order valence-corrected chi connectivity index (χ3v) is 3.41. The molecule has 0 unspecified atom stereocenters. The summed E-state index contributed by atoms with van der Waals surface area (Å²) in [6.07, 6.45) is 1.72. The van der Waals surface area contributed by atoms with Crippen LogP contribution in [0.15, 0.2) is 47.6 Å². The van der Waals surface area contributed by atoms with E-state index in [0.717, 1.165) is 29.4 Å². The first-order valence-electron chi connectivity index (χ1n) is 7.89. The van der Waals surface area contributed by atoms with Crippen molar-refractivity contribution in [1.29, 1.82) is 0 Å². The number of nitrogens with one attached hydrogen (secondary N) is 2. The number of methoxy groups -OCH3 is 2. The van der Waals surface area contributed by atoms with Crippen molar-refractivity contribution < 1.29 is 9.47 Å². The molecule has 0 radical (unpaired) electrons. The number of ether oxygens (including phenoxy) is 2. The van der Waals surface area contributed by atoms with Gasteiger partial charge in [0.05, 0.1) is 20.8 Å². The zero-order chi connectivity index (χ0) is 17.2. The number of nitrogens with zero attached hydrogens (tertiary/aromatic N) is 2. The Labute approximate surface area is 142 Å². The highest BCUT2D eigenvalue weighted by Gasteiger charge is 2.04. The molecule has 0 aliphatic heterocycles. The highest BCUT2D eigenvalue weighted by molar-refractivity contribution is 5.79. The first kappa shape index (κ1) is 17.6. The van der Waals surface area contributed by atoms with Crippen LogP contribution in [0, 0.1) is 0 Å². The maximum absolute atomic E-state index is 5.37. The molecule has 128 valence electrons. The lowest BCUT2D eigenvalue weighted by Crippen LogP contribution is -2.36. The van der Waals surface area contributed by atoms with Gasteiger partial charge in [-0.1, -0.05) is 18.2 Å². The molecule has 0 fully saturated rings. The molecule has 6 nitrogen and oxygen atoms in total. The van der Waals surface area contributed by atoms with E-state index in [2.05, 4.69) is 20.6 Å². The summed E-state index contributed by atoms with van der Waals surface area (Å²) in [7, 11) is 3.28. The van der Waals surface area contributed by atoms with Crippen molar-refractivity contribution in [3.63, 3.8) is 0 Å². The summed E-state index contributed by atoms with van der Waals surface area (Å²) in [6.45, 7) is 4.00. The van der Waals surface area contributed by atoms with E-state index in [1.807, 2.05) is 43.3 Å². The summed E-state index contributed by atoms with van der Waals surface area (Å²) in [6, 6.07) is 11.7. The van der Waals surface area contributed by atoms with Crippen molar-refractivity contribution in [1.82, 2.24) is 15.6 Å². The van der Waals surface area contributed by atoms with Crippen LogP contribution in [0.3, 0.4) is 0 Å².